The number of ether oxygens (including phenoxy) is 1. The van der Waals surface area contributed by atoms with Gasteiger partial charge < -0.3 is 9.94 Å². The summed E-state index contributed by atoms with van der Waals surface area (Å²) in [4.78, 5) is 0. The van der Waals surface area contributed by atoms with Crippen LogP contribution in [0.15, 0.2) is 29.4 Å². The van der Waals surface area contributed by atoms with E-state index in [-0.39, 0.29) is 12.4 Å². The van der Waals surface area contributed by atoms with Crippen LogP contribution in [0.1, 0.15) is 12.5 Å². The Balaban J connectivity index is 2.57. The highest BCUT2D eigenvalue weighted by atomic mass is 32.2. The third kappa shape index (κ3) is 4.86. The van der Waals surface area contributed by atoms with Crippen molar-refractivity contribution >= 4 is 15.5 Å². The van der Waals surface area contributed by atoms with E-state index in [1.165, 1.54) is 6.26 Å². The molecule has 0 radical (unpaired) electrons. The fourth-order valence-corrected chi connectivity index (χ4v) is 1.55. The fraction of sp³-hybridized carbons (Fsp3) is 0.364. The minimum absolute atomic E-state index is 0.00806. The van der Waals surface area contributed by atoms with E-state index in [9.17, 15) is 8.42 Å². The van der Waals surface area contributed by atoms with Crippen LogP contribution < -0.4 is 4.74 Å². The maximum Gasteiger partial charge on any atom is 0.150 e. The normalized spacial score (nSPS) is 12.5. The highest BCUT2D eigenvalue weighted by Gasteiger charge is 2.03. The first kappa shape index (κ1) is 13.5. The summed E-state index contributed by atoms with van der Waals surface area (Å²) >= 11 is 0. The number of benzene rings is 1. The molecule has 0 aromatic heterocycles. The van der Waals surface area contributed by atoms with E-state index in [0.717, 1.165) is 5.56 Å². The van der Waals surface area contributed by atoms with Gasteiger partial charge in [0.1, 0.15) is 12.4 Å². The Morgan fingerprint density at radius 3 is 2.41 bits per heavy atom. The smallest absolute Gasteiger partial charge is 0.150 e. The van der Waals surface area contributed by atoms with E-state index < -0.39 is 9.84 Å². The third-order valence-electron chi connectivity index (χ3n) is 2.14. The second kappa shape index (κ2) is 5.67. The van der Waals surface area contributed by atoms with Crippen LogP contribution in [0.4, 0.5) is 0 Å². The highest BCUT2D eigenvalue weighted by Crippen LogP contribution is 2.12. The summed E-state index contributed by atoms with van der Waals surface area (Å²) in [5.41, 5.74) is 1.29. The lowest BCUT2D eigenvalue weighted by molar-refractivity contribution is 0.319. The van der Waals surface area contributed by atoms with Crippen LogP contribution in [0.5, 0.6) is 5.75 Å². The monoisotopic (exact) mass is 257 g/mol. The van der Waals surface area contributed by atoms with Crippen molar-refractivity contribution in [1.29, 1.82) is 0 Å². The van der Waals surface area contributed by atoms with Crippen molar-refractivity contribution < 1.29 is 18.4 Å². The molecule has 0 bridgehead atoms. The molecule has 6 heteroatoms. The summed E-state index contributed by atoms with van der Waals surface area (Å²) in [6.07, 6.45) is 1.17. The molecule has 94 valence electrons. The van der Waals surface area contributed by atoms with Crippen molar-refractivity contribution in [1.82, 2.24) is 0 Å². The molecule has 0 unspecified atom stereocenters. The van der Waals surface area contributed by atoms with Crippen molar-refractivity contribution in [2.24, 2.45) is 5.16 Å². The summed E-state index contributed by atoms with van der Waals surface area (Å²) in [5.74, 6) is 0.578. The highest BCUT2D eigenvalue weighted by molar-refractivity contribution is 7.90. The van der Waals surface area contributed by atoms with E-state index in [1.807, 2.05) is 0 Å². The molecule has 1 aromatic rings. The molecule has 1 rings (SSSR count). The van der Waals surface area contributed by atoms with Gasteiger partial charge in [0.2, 0.25) is 0 Å². The van der Waals surface area contributed by atoms with Crippen LogP contribution in [0.2, 0.25) is 0 Å². The Kier molecular flexibility index (Phi) is 4.51. The number of oxime groups is 1. The van der Waals surface area contributed by atoms with Crippen molar-refractivity contribution in [3.63, 3.8) is 0 Å². The number of hydrogen-bond acceptors (Lipinski definition) is 5. The zero-order valence-electron chi connectivity index (χ0n) is 9.75. The van der Waals surface area contributed by atoms with E-state index in [1.54, 1.807) is 31.2 Å². The molecule has 0 fully saturated rings. The minimum Gasteiger partial charge on any atom is -0.493 e. The molecule has 5 nitrogen and oxygen atoms in total. The van der Waals surface area contributed by atoms with Gasteiger partial charge >= 0.3 is 0 Å². The zero-order valence-corrected chi connectivity index (χ0v) is 10.6. The standard InChI is InChI=1S/C11H15NO4S/c1-9(12-13)10-3-5-11(6-4-10)16-7-8-17(2,14)15/h3-6,13H,7-8H2,1-2H3/b12-9+. The van der Waals surface area contributed by atoms with Crippen molar-refractivity contribution in [2.75, 3.05) is 18.6 Å². The molecule has 0 aliphatic heterocycles. The SMILES string of the molecule is C/C(=N\O)c1ccc(OCCS(C)(=O)=O)cc1. The molecule has 0 amide bonds. The van der Waals surface area contributed by atoms with Gasteiger partial charge in [0.25, 0.3) is 0 Å². The third-order valence-corrected chi connectivity index (χ3v) is 3.05. The lowest BCUT2D eigenvalue weighted by Crippen LogP contribution is -2.12. The average Bonchev–Trinajstić information content (AvgIpc) is 2.27. The molecule has 0 heterocycles. The van der Waals surface area contributed by atoms with Crippen molar-refractivity contribution in [2.45, 2.75) is 6.92 Å². The summed E-state index contributed by atoms with van der Waals surface area (Å²) < 4.78 is 27.0. The van der Waals surface area contributed by atoms with Gasteiger partial charge in [0.15, 0.2) is 9.84 Å². The van der Waals surface area contributed by atoms with Gasteiger partial charge in [-0.05, 0) is 36.8 Å². The predicted octanol–water partition coefficient (Wildman–Crippen LogP) is 1.31. The predicted molar refractivity (Wildman–Crippen MR) is 65.6 cm³/mol. The zero-order chi connectivity index (χ0) is 12.9. The van der Waals surface area contributed by atoms with Gasteiger partial charge in [-0.25, -0.2) is 8.42 Å². The Morgan fingerprint density at radius 1 is 1.35 bits per heavy atom. The van der Waals surface area contributed by atoms with E-state index in [0.29, 0.717) is 11.5 Å². The van der Waals surface area contributed by atoms with Gasteiger partial charge in [-0.1, -0.05) is 5.16 Å². The van der Waals surface area contributed by atoms with Crippen LogP contribution >= 0.6 is 0 Å². The molecular weight excluding hydrogens is 242 g/mol. The molecule has 17 heavy (non-hydrogen) atoms. The lowest BCUT2D eigenvalue weighted by atomic mass is 10.1. The van der Waals surface area contributed by atoms with Crippen molar-refractivity contribution in [3.05, 3.63) is 29.8 Å². The number of rotatable bonds is 5. The number of sulfone groups is 1. The molecule has 0 atom stereocenters. The summed E-state index contributed by atoms with van der Waals surface area (Å²) in [5, 5.41) is 11.7. The van der Waals surface area contributed by atoms with Crippen LogP contribution in [0, 0.1) is 0 Å². The molecule has 0 aliphatic carbocycles. The van der Waals surface area contributed by atoms with Gasteiger partial charge in [0, 0.05) is 6.26 Å². The lowest BCUT2D eigenvalue weighted by Gasteiger charge is -2.06. The largest absolute Gasteiger partial charge is 0.493 e. The fourth-order valence-electron chi connectivity index (χ4n) is 1.16. The van der Waals surface area contributed by atoms with Crippen LogP contribution in [0.25, 0.3) is 0 Å². The molecular formula is C11H15NO4S. The molecule has 1 N–H and O–H groups in total. The van der Waals surface area contributed by atoms with Gasteiger partial charge in [-0.3, -0.25) is 0 Å². The van der Waals surface area contributed by atoms with Crippen LogP contribution in [-0.4, -0.2) is 38.0 Å². The van der Waals surface area contributed by atoms with Crippen LogP contribution in [0.3, 0.4) is 0 Å². The first-order valence-corrected chi connectivity index (χ1v) is 7.08. The molecule has 1 aromatic carbocycles. The van der Waals surface area contributed by atoms with Gasteiger partial charge in [-0.2, -0.15) is 0 Å². The Labute approximate surface area is 101 Å². The maximum atomic E-state index is 10.9. The second-order valence-electron chi connectivity index (χ2n) is 3.69. The summed E-state index contributed by atoms with van der Waals surface area (Å²) in [7, 11) is -3.00. The topological polar surface area (TPSA) is 76.0 Å². The Bertz CT molecular complexity index is 491. The second-order valence-corrected chi connectivity index (χ2v) is 5.95. The maximum absolute atomic E-state index is 10.9. The first-order chi connectivity index (χ1) is 7.92. The first-order valence-electron chi connectivity index (χ1n) is 5.02. The summed E-state index contributed by atoms with van der Waals surface area (Å²) in [6, 6.07) is 6.88. The Hall–Kier alpha value is -1.56. The molecule has 0 saturated carbocycles. The van der Waals surface area contributed by atoms with E-state index in [2.05, 4.69) is 5.16 Å². The van der Waals surface area contributed by atoms with Gasteiger partial charge in [0.05, 0.1) is 11.5 Å². The van der Waals surface area contributed by atoms with Crippen molar-refractivity contribution in [3.8, 4) is 5.75 Å². The number of hydrogen-bond donors (Lipinski definition) is 1. The van der Waals surface area contributed by atoms with E-state index >= 15 is 0 Å². The molecule has 0 aliphatic rings. The minimum atomic E-state index is -3.00. The van der Waals surface area contributed by atoms with Crippen LogP contribution in [-0.2, 0) is 9.84 Å². The quantitative estimate of drug-likeness (QED) is 0.490. The summed E-state index contributed by atoms with van der Waals surface area (Å²) in [6.45, 7) is 1.81. The number of nitrogens with zero attached hydrogens (tertiary/aromatic N) is 1. The van der Waals surface area contributed by atoms with E-state index in [4.69, 9.17) is 9.94 Å². The molecule has 0 saturated heterocycles. The molecule has 0 spiro atoms. The Morgan fingerprint density at radius 2 is 1.94 bits per heavy atom. The van der Waals surface area contributed by atoms with Gasteiger partial charge in [-0.15, -0.1) is 0 Å². The average molecular weight is 257 g/mol.